The molecule has 1 unspecified atom stereocenters. The predicted molar refractivity (Wildman–Crippen MR) is 66.9 cm³/mol. The first kappa shape index (κ1) is 13.4. The average molecular weight is 272 g/mol. The average Bonchev–Trinajstić information content (AvgIpc) is 2.27. The maximum atomic E-state index is 12.3. The van der Waals surface area contributed by atoms with Crippen LogP contribution in [0.5, 0.6) is 11.5 Å². The molecule has 18 heavy (non-hydrogen) atoms. The summed E-state index contributed by atoms with van der Waals surface area (Å²) in [7, 11) is -1.93. The smallest absolute Gasteiger partial charge is 0.497 e. The van der Waals surface area contributed by atoms with Crippen molar-refractivity contribution in [2.45, 2.75) is 32.5 Å². The number of ether oxygens (including phenoxy) is 1. The largest absolute Gasteiger partial charge is 0.530 e. The van der Waals surface area contributed by atoms with Gasteiger partial charge in [-0.1, -0.05) is 0 Å². The molecular weight excluding hydrogens is 255 g/mol. The third kappa shape index (κ3) is 3.25. The normalized spacial score (nSPS) is 31.9. The van der Waals surface area contributed by atoms with Gasteiger partial charge < -0.3 is 9.26 Å². The van der Waals surface area contributed by atoms with E-state index in [1.807, 2.05) is 13.8 Å². The zero-order valence-electron chi connectivity index (χ0n) is 10.7. The zero-order chi connectivity index (χ0) is 13.2. The van der Waals surface area contributed by atoms with Crippen LogP contribution < -0.4 is 9.26 Å². The van der Waals surface area contributed by atoms with E-state index in [-0.39, 0.29) is 12.2 Å². The van der Waals surface area contributed by atoms with Crippen molar-refractivity contribution in [3.8, 4) is 11.5 Å². The monoisotopic (exact) mass is 272 g/mol. The van der Waals surface area contributed by atoms with E-state index in [9.17, 15) is 4.57 Å². The van der Waals surface area contributed by atoms with Gasteiger partial charge in [-0.25, -0.2) is 4.57 Å². The zero-order valence-corrected chi connectivity index (χ0v) is 11.6. The second kappa shape index (κ2) is 5.31. The molecule has 1 aromatic rings. The molecule has 5 nitrogen and oxygen atoms in total. The molecule has 1 aliphatic rings. The topological polar surface area (TPSA) is 54.0 Å². The minimum absolute atomic E-state index is 0.141. The van der Waals surface area contributed by atoms with Gasteiger partial charge in [0.25, 0.3) is 0 Å². The van der Waals surface area contributed by atoms with E-state index in [4.69, 9.17) is 18.3 Å². The van der Waals surface area contributed by atoms with Crippen molar-refractivity contribution in [1.82, 2.24) is 0 Å². The molecular formula is C12H17O5P. The molecule has 0 amide bonds. The molecule has 0 aromatic heterocycles. The number of hydrogen-bond donors (Lipinski definition) is 0. The molecule has 0 spiro atoms. The highest BCUT2D eigenvalue weighted by Gasteiger charge is 2.38. The third-order valence-corrected chi connectivity index (χ3v) is 4.23. The SMILES string of the molecule is COc1ccc(OP2(=O)O[C@H](C)C[C@H](C)O2)cc1. The van der Waals surface area contributed by atoms with Crippen LogP contribution in [0.25, 0.3) is 0 Å². The van der Waals surface area contributed by atoms with Gasteiger partial charge >= 0.3 is 7.82 Å². The Morgan fingerprint density at radius 2 is 1.61 bits per heavy atom. The molecule has 0 saturated carbocycles. The molecule has 2 rings (SSSR count). The van der Waals surface area contributed by atoms with Crippen LogP contribution in [0.15, 0.2) is 24.3 Å². The van der Waals surface area contributed by atoms with E-state index in [1.165, 1.54) is 0 Å². The first-order chi connectivity index (χ1) is 8.50. The Labute approximate surface area is 107 Å². The Bertz CT molecular complexity index is 430. The number of hydrogen-bond acceptors (Lipinski definition) is 5. The molecule has 1 fully saturated rings. The summed E-state index contributed by atoms with van der Waals surface area (Å²) in [6, 6.07) is 6.76. The molecule has 6 heteroatoms. The lowest BCUT2D eigenvalue weighted by atomic mass is 10.2. The van der Waals surface area contributed by atoms with Gasteiger partial charge in [-0.2, -0.15) is 0 Å². The van der Waals surface area contributed by atoms with Gasteiger partial charge in [-0.3, -0.25) is 9.05 Å². The summed E-state index contributed by atoms with van der Waals surface area (Å²) < 4.78 is 33.2. The highest BCUT2D eigenvalue weighted by molar-refractivity contribution is 7.49. The number of benzene rings is 1. The van der Waals surface area contributed by atoms with Gasteiger partial charge in [0.2, 0.25) is 0 Å². The Balaban J connectivity index is 2.09. The molecule has 1 saturated heterocycles. The van der Waals surface area contributed by atoms with E-state index >= 15 is 0 Å². The van der Waals surface area contributed by atoms with Crippen molar-refractivity contribution in [1.29, 1.82) is 0 Å². The molecule has 1 aliphatic heterocycles. The molecule has 1 heterocycles. The minimum atomic E-state index is -3.51. The van der Waals surface area contributed by atoms with Gasteiger partial charge in [0.15, 0.2) is 0 Å². The lowest BCUT2D eigenvalue weighted by molar-refractivity contribution is 0.0217. The first-order valence-electron chi connectivity index (χ1n) is 5.81. The first-order valence-corrected chi connectivity index (χ1v) is 7.27. The van der Waals surface area contributed by atoms with Crippen LogP contribution >= 0.6 is 7.82 Å². The summed E-state index contributed by atoms with van der Waals surface area (Å²) in [5, 5.41) is 0. The van der Waals surface area contributed by atoms with Crippen LogP contribution in [0.3, 0.4) is 0 Å². The van der Waals surface area contributed by atoms with E-state index in [1.54, 1.807) is 31.4 Å². The number of rotatable bonds is 3. The predicted octanol–water partition coefficient (Wildman–Crippen LogP) is 3.40. The molecule has 0 N–H and O–H groups in total. The van der Waals surface area contributed by atoms with E-state index in [0.29, 0.717) is 17.9 Å². The van der Waals surface area contributed by atoms with Crippen LogP contribution in [0.2, 0.25) is 0 Å². The summed E-state index contributed by atoms with van der Waals surface area (Å²) in [4.78, 5) is 0. The van der Waals surface area contributed by atoms with Crippen molar-refractivity contribution in [3.63, 3.8) is 0 Å². The van der Waals surface area contributed by atoms with Crippen LogP contribution in [0.4, 0.5) is 0 Å². The van der Waals surface area contributed by atoms with E-state index in [0.717, 1.165) is 0 Å². The third-order valence-electron chi connectivity index (χ3n) is 2.56. The van der Waals surface area contributed by atoms with Gasteiger partial charge in [0.05, 0.1) is 19.3 Å². The van der Waals surface area contributed by atoms with Crippen LogP contribution in [0, 0.1) is 0 Å². The molecule has 3 atom stereocenters. The van der Waals surface area contributed by atoms with Crippen LogP contribution in [0.1, 0.15) is 20.3 Å². The molecule has 1 aromatic carbocycles. The van der Waals surface area contributed by atoms with E-state index < -0.39 is 7.82 Å². The van der Waals surface area contributed by atoms with Crippen molar-refractivity contribution >= 4 is 7.82 Å². The summed E-state index contributed by atoms with van der Waals surface area (Å²) in [5.74, 6) is 1.13. The van der Waals surface area contributed by atoms with Crippen molar-refractivity contribution in [2.75, 3.05) is 7.11 Å². The lowest BCUT2D eigenvalue weighted by Crippen LogP contribution is -2.25. The second-order valence-electron chi connectivity index (χ2n) is 4.28. The maximum absolute atomic E-state index is 12.3. The number of methoxy groups -OCH3 is 1. The maximum Gasteiger partial charge on any atom is 0.530 e. The highest BCUT2D eigenvalue weighted by Crippen LogP contribution is 2.55. The van der Waals surface area contributed by atoms with E-state index in [2.05, 4.69) is 0 Å². The fourth-order valence-electron chi connectivity index (χ4n) is 1.83. The van der Waals surface area contributed by atoms with Crippen molar-refractivity contribution in [3.05, 3.63) is 24.3 Å². The van der Waals surface area contributed by atoms with Crippen molar-refractivity contribution < 1.29 is 22.9 Å². The second-order valence-corrected chi connectivity index (χ2v) is 5.78. The van der Waals surface area contributed by atoms with Gasteiger partial charge in [0, 0.05) is 6.42 Å². The Morgan fingerprint density at radius 1 is 1.11 bits per heavy atom. The summed E-state index contributed by atoms with van der Waals surface area (Å²) in [5.41, 5.74) is 0. The standard InChI is InChI=1S/C12H17O5P/c1-9-8-10(2)16-18(13,15-9)17-12-6-4-11(14-3)5-7-12/h4-7,9-10H,8H2,1-3H3/t9-,10+,18?. The fourth-order valence-corrected chi connectivity index (χ4v) is 3.40. The molecule has 0 aliphatic carbocycles. The van der Waals surface area contributed by atoms with Crippen LogP contribution in [-0.4, -0.2) is 19.3 Å². The molecule has 0 bridgehead atoms. The lowest BCUT2D eigenvalue weighted by Gasteiger charge is -2.30. The Hall–Kier alpha value is -1.03. The summed E-state index contributed by atoms with van der Waals surface area (Å²) >= 11 is 0. The quantitative estimate of drug-likeness (QED) is 0.789. The Kier molecular flexibility index (Phi) is 3.95. The van der Waals surface area contributed by atoms with Crippen LogP contribution in [-0.2, 0) is 13.6 Å². The minimum Gasteiger partial charge on any atom is -0.497 e. The Morgan fingerprint density at radius 3 is 2.11 bits per heavy atom. The molecule has 100 valence electrons. The van der Waals surface area contributed by atoms with Gasteiger partial charge in [-0.15, -0.1) is 0 Å². The highest BCUT2D eigenvalue weighted by atomic mass is 31.2. The van der Waals surface area contributed by atoms with Gasteiger partial charge in [-0.05, 0) is 38.1 Å². The summed E-state index contributed by atoms with van der Waals surface area (Å²) in [6.45, 7) is 3.70. The molecule has 0 radical (unpaired) electrons. The number of phosphoric acid groups is 1. The van der Waals surface area contributed by atoms with Crippen molar-refractivity contribution in [2.24, 2.45) is 0 Å². The number of phosphoric ester groups is 1. The van der Waals surface area contributed by atoms with Gasteiger partial charge in [0.1, 0.15) is 11.5 Å². The summed E-state index contributed by atoms with van der Waals surface area (Å²) in [6.07, 6.45) is 0.423. The fraction of sp³-hybridized carbons (Fsp3) is 0.500.